The van der Waals surface area contributed by atoms with Crippen LogP contribution in [0.25, 0.3) is 11.3 Å². The molecule has 17 heavy (non-hydrogen) atoms. The molecule has 2 nitrogen and oxygen atoms in total. The molecule has 1 aromatic carbocycles. The van der Waals surface area contributed by atoms with Gasteiger partial charge >= 0.3 is 0 Å². The van der Waals surface area contributed by atoms with Crippen molar-refractivity contribution in [2.24, 2.45) is 7.05 Å². The van der Waals surface area contributed by atoms with Crippen LogP contribution in [0.15, 0.2) is 30.3 Å². The third-order valence-corrected chi connectivity index (χ3v) is 3.07. The van der Waals surface area contributed by atoms with E-state index in [1.54, 1.807) is 0 Å². The number of nitrogens with zero attached hydrogens (tertiary/aromatic N) is 2. The summed E-state index contributed by atoms with van der Waals surface area (Å²) < 4.78 is 1.86. The lowest BCUT2D eigenvalue weighted by atomic mass is 9.85. The fourth-order valence-electron chi connectivity index (χ4n) is 2.08. The fraction of sp³-hybridized carbons (Fsp3) is 0.357. The molecule has 1 aromatic heterocycles. The van der Waals surface area contributed by atoms with Gasteiger partial charge in [-0.2, -0.15) is 5.10 Å². The summed E-state index contributed by atoms with van der Waals surface area (Å²) in [6.07, 6.45) is 0. The van der Waals surface area contributed by atoms with Gasteiger partial charge in [0.15, 0.2) is 5.15 Å². The molecule has 2 aromatic rings. The molecule has 0 spiro atoms. The Hall–Kier alpha value is -1.28. The second-order valence-electron chi connectivity index (χ2n) is 5.25. The third kappa shape index (κ3) is 2.22. The highest BCUT2D eigenvalue weighted by Gasteiger charge is 2.26. The van der Waals surface area contributed by atoms with Gasteiger partial charge in [0.2, 0.25) is 0 Å². The van der Waals surface area contributed by atoms with Crippen molar-refractivity contribution in [2.45, 2.75) is 26.2 Å². The molecule has 0 amide bonds. The molecule has 3 heteroatoms. The van der Waals surface area contributed by atoms with E-state index in [2.05, 4.69) is 38.0 Å². The highest BCUT2D eigenvalue weighted by atomic mass is 35.5. The maximum Gasteiger partial charge on any atom is 0.155 e. The van der Waals surface area contributed by atoms with Crippen molar-refractivity contribution < 1.29 is 0 Å². The molecule has 2 rings (SSSR count). The molecular weight excluding hydrogens is 232 g/mol. The van der Waals surface area contributed by atoms with Gasteiger partial charge in [0, 0.05) is 18.2 Å². The van der Waals surface area contributed by atoms with Gasteiger partial charge in [0.25, 0.3) is 0 Å². The van der Waals surface area contributed by atoms with Crippen LogP contribution in [-0.4, -0.2) is 9.78 Å². The van der Waals surface area contributed by atoms with E-state index in [-0.39, 0.29) is 5.41 Å². The van der Waals surface area contributed by atoms with Crippen LogP contribution >= 0.6 is 11.6 Å². The van der Waals surface area contributed by atoms with Crippen LogP contribution in [0.4, 0.5) is 0 Å². The second-order valence-corrected chi connectivity index (χ2v) is 5.61. The van der Waals surface area contributed by atoms with Crippen LogP contribution < -0.4 is 0 Å². The van der Waals surface area contributed by atoms with Crippen LogP contribution in [0.3, 0.4) is 0 Å². The predicted octanol–water partition coefficient (Wildman–Crippen LogP) is 4.04. The predicted molar refractivity (Wildman–Crippen MR) is 72.4 cm³/mol. The average Bonchev–Trinajstić information content (AvgIpc) is 2.54. The second kappa shape index (κ2) is 4.19. The maximum absolute atomic E-state index is 6.25. The van der Waals surface area contributed by atoms with Gasteiger partial charge in [-0.1, -0.05) is 62.7 Å². The van der Waals surface area contributed by atoms with E-state index in [1.165, 1.54) is 0 Å². The largest absolute Gasteiger partial charge is 0.266 e. The summed E-state index contributed by atoms with van der Waals surface area (Å²) in [5.74, 6) is 0. The van der Waals surface area contributed by atoms with Crippen molar-refractivity contribution in [2.75, 3.05) is 0 Å². The minimum atomic E-state index is -0.0173. The number of benzene rings is 1. The molecule has 0 aliphatic rings. The Labute approximate surface area is 107 Å². The molecule has 0 atom stereocenters. The smallest absolute Gasteiger partial charge is 0.155 e. The van der Waals surface area contributed by atoms with E-state index < -0.39 is 0 Å². The molecule has 90 valence electrons. The lowest BCUT2D eigenvalue weighted by Crippen LogP contribution is -2.12. The van der Waals surface area contributed by atoms with E-state index in [4.69, 9.17) is 11.6 Å². The van der Waals surface area contributed by atoms with E-state index in [0.717, 1.165) is 16.8 Å². The van der Waals surface area contributed by atoms with Crippen molar-refractivity contribution in [1.82, 2.24) is 9.78 Å². The summed E-state index contributed by atoms with van der Waals surface area (Å²) in [4.78, 5) is 0. The van der Waals surface area contributed by atoms with E-state index in [0.29, 0.717) is 5.15 Å². The number of rotatable bonds is 1. The molecule has 0 radical (unpaired) electrons. The van der Waals surface area contributed by atoms with Gasteiger partial charge in [-0.05, 0) is 5.41 Å². The molecule has 0 aliphatic heterocycles. The Morgan fingerprint density at radius 3 is 2.24 bits per heavy atom. The molecular formula is C14H17ClN2. The Morgan fingerprint density at radius 2 is 1.71 bits per heavy atom. The first kappa shape index (κ1) is 12.2. The van der Waals surface area contributed by atoms with Crippen molar-refractivity contribution >= 4 is 11.6 Å². The molecule has 0 N–H and O–H groups in total. The SMILES string of the molecule is Cn1nc(Cl)c(C(C)(C)C)c1-c1ccccc1. The van der Waals surface area contributed by atoms with Crippen LogP contribution in [0.2, 0.25) is 5.15 Å². The number of hydrogen-bond donors (Lipinski definition) is 0. The van der Waals surface area contributed by atoms with E-state index in [1.807, 2.05) is 29.9 Å². The number of aromatic nitrogens is 2. The van der Waals surface area contributed by atoms with Gasteiger partial charge in [-0.3, -0.25) is 4.68 Å². The molecule has 0 unspecified atom stereocenters. The van der Waals surface area contributed by atoms with Gasteiger partial charge in [-0.25, -0.2) is 0 Å². The molecule has 1 heterocycles. The first-order chi connectivity index (χ1) is 7.91. The summed E-state index contributed by atoms with van der Waals surface area (Å²) in [5.41, 5.74) is 3.34. The lowest BCUT2D eigenvalue weighted by Gasteiger charge is -2.20. The summed E-state index contributed by atoms with van der Waals surface area (Å²) in [6, 6.07) is 10.2. The highest BCUT2D eigenvalue weighted by molar-refractivity contribution is 6.30. The maximum atomic E-state index is 6.25. The molecule has 0 fully saturated rings. The van der Waals surface area contributed by atoms with E-state index in [9.17, 15) is 0 Å². The zero-order valence-corrected chi connectivity index (χ0v) is 11.4. The third-order valence-electron chi connectivity index (χ3n) is 2.80. The van der Waals surface area contributed by atoms with Gasteiger partial charge < -0.3 is 0 Å². The summed E-state index contributed by atoms with van der Waals surface area (Å²) in [7, 11) is 1.93. The quantitative estimate of drug-likeness (QED) is 0.745. The highest BCUT2D eigenvalue weighted by Crippen LogP contribution is 2.37. The Balaban J connectivity index is 2.70. The van der Waals surface area contributed by atoms with Gasteiger partial charge in [0.05, 0.1) is 5.69 Å². The van der Waals surface area contributed by atoms with Gasteiger partial charge in [0.1, 0.15) is 0 Å². The fourth-order valence-corrected chi connectivity index (χ4v) is 2.57. The zero-order valence-electron chi connectivity index (χ0n) is 10.7. The molecule has 0 saturated carbocycles. The first-order valence-corrected chi connectivity index (χ1v) is 6.07. The number of hydrogen-bond acceptors (Lipinski definition) is 1. The number of aryl methyl sites for hydroxylation is 1. The average molecular weight is 249 g/mol. The summed E-state index contributed by atoms with van der Waals surface area (Å²) >= 11 is 6.25. The topological polar surface area (TPSA) is 17.8 Å². The monoisotopic (exact) mass is 248 g/mol. The van der Waals surface area contributed by atoms with Crippen LogP contribution in [0, 0.1) is 0 Å². The van der Waals surface area contributed by atoms with Crippen LogP contribution in [0.1, 0.15) is 26.3 Å². The minimum Gasteiger partial charge on any atom is -0.266 e. The molecule has 0 bridgehead atoms. The Morgan fingerprint density at radius 1 is 1.12 bits per heavy atom. The first-order valence-electron chi connectivity index (χ1n) is 5.69. The van der Waals surface area contributed by atoms with Gasteiger partial charge in [-0.15, -0.1) is 0 Å². The van der Waals surface area contributed by atoms with Crippen molar-refractivity contribution in [3.05, 3.63) is 41.0 Å². The standard InChI is InChI=1S/C14H17ClN2/c1-14(2,3)11-12(17(4)16-13(11)15)10-8-6-5-7-9-10/h5-9H,1-4H3. The summed E-state index contributed by atoms with van der Waals surface area (Å²) in [5, 5.41) is 4.93. The molecule has 0 saturated heterocycles. The van der Waals surface area contributed by atoms with Crippen LogP contribution in [0.5, 0.6) is 0 Å². The zero-order chi connectivity index (χ0) is 12.6. The van der Waals surface area contributed by atoms with Crippen molar-refractivity contribution in [1.29, 1.82) is 0 Å². The van der Waals surface area contributed by atoms with Crippen molar-refractivity contribution in [3.63, 3.8) is 0 Å². The number of halogens is 1. The Kier molecular flexibility index (Phi) is 3.00. The minimum absolute atomic E-state index is 0.0173. The molecule has 0 aliphatic carbocycles. The van der Waals surface area contributed by atoms with E-state index >= 15 is 0 Å². The normalized spacial score (nSPS) is 11.8. The lowest BCUT2D eigenvalue weighted by molar-refractivity contribution is 0.591. The summed E-state index contributed by atoms with van der Waals surface area (Å²) in [6.45, 7) is 6.47. The Bertz CT molecular complexity index is 521. The van der Waals surface area contributed by atoms with Crippen molar-refractivity contribution in [3.8, 4) is 11.3 Å². The van der Waals surface area contributed by atoms with Crippen LogP contribution in [-0.2, 0) is 12.5 Å².